The van der Waals surface area contributed by atoms with Crippen LogP contribution < -0.4 is 9.47 Å². The highest BCUT2D eigenvalue weighted by molar-refractivity contribution is 5.46. The zero-order valence-corrected chi connectivity index (χ0v) is 14.7. The molecule has 7 unspecified atom stereocenters. The molecule has 2 saturated carbocycles. The Kier molecular flexibility index (Phi) is 4.06. The molecule has 0 spiro atoms. The molecule has 0 saturated heterocycles. The molecule has 2 aliphatic carbocycles. The summed E-state index contributed by atoms with van der Waals surface area (Å²) < 4.78 is 16.5. The van der Waals surface area contributed by atoms with Gasteiger partial charge in [0.2, 0.25) is 6.79 Å². The maximum atomic E-state index is 11.2. The van der Waals surface area contributed by atoms with Crippen molar-refractivity contribution in [1.29, 1.82) is 0 Å². The lowest BCUT2D eigenvalue weighted by Crippen LogP contribution is -2.52. The second-order valence-electron chi connectivity index (χ2n) is 7.64. The summed E-state index contributed by atoms with van der Waals surface area (Å²) in [6, 6.07) is 5.94. The molecule has 136 valence electrons. The van der Waals surface area contributed by atoms with Crippen LogP contribution in [0.25, 0.3) is 0 Å². The number of fused-ring (bicyclic) bond motifs is 3. The molecule has 2 N–H and O–H groups in total. The van der Waals surface area contributed by atoms with Crippen molar-refractivity contribution >= 4 is 0 Å². The average Bonchev–Trinajstić information content (AvgIpc) is 3.13. The Hall–Kier alpha value is -1.56. The molecule has 4 rings (SSSR count). The summed E-state index contributed by atoms with van der Waals surface area (Å²) in [6.07, 6.45) is 1.67. The average molecular weight is 346 g/mol. The van der Waals surface area contributed by atoms with Crippen molar-refractivity contribution in [2.45, 2.75) is 44.0 Å². The second-order valence-corrected chi connectivity index (χ2v) is 7.64. The molecule has 2 bridgehead atoms. The number of aliphatic hydroxyl groups excluding tert-OH is 2. The monoisotopic (exact) mass is 346 g/mol. The van der Waals surface area contributed by atoms with Gasteiger partial charge in [-0.1, -0.05) is 19.1 Å². The first kappa shape index (κ1) is 16.9. The molecule has 1 aromatic carbocycles. The minimum atomic E-state index is -0.696. The van der Waals surface area contributed by atoms with Gasteiger partial charge in [0.1, 0.15) is 0 Å². The summed E-state index contributed by atoms with van der Waals surface area (Å²) in [6.45, 7) is 6.31. The molecule has 1 heterocycles. The fourth-order valence-electron chi connectivity index (χ4n) is 5.50. The lowest BCUT2D eigenvalue weighted by molar-refractivity contribution is -0.143. The predicted molar refractivity (Wildman–Crippen MR) is 92.6 cm³/mol. The Bertz CT molecular complexity index is 674. The van der Waals surface area contributed by atoms with Crippen LogP contribution >= 0.6 is 0 Å². The smallest absolute Gasteiger partial charge is 0.231 e. The molecule has 2 fully saturated rings. The summed E-state index contributed by atoms with van der Waals surface area (Å²) in [7, 11) is 1.63. The highest BCUT2D eigenvalue weighted by Gasteiger charge is 2.64. The number of hydrogen-bond donors (Lipinski definition) is 2. The third-order valence-electron chi connectivity index (χ3n) is 6.78. The van der Waals surface area contributed by atoms with E-state index in [1.165, 1.54) is 0 Å². The zero-order valence-electron chi connectivity index (χ0n) is 14.7. The highest BCUT2D eigenvalue weighted by Crippen LogP contribution is 2.63. The van der Waals surface area contributed by atoms with Crippen LogP contribution in [-0.2, 0) is 4.74 Å². The number of methoxy groups -OCH3 is 1. The first-order valence-electron chi connectivity index (χ1n) is 8.93. The molecule has 5 heteroatoms. The van der Waals surface area contributed by atoms with Crippen LogP contribution in [0, 0.1) is 17.3 Å². The van der Waals surface area contributed by atoms with E-state index >= 15 is 0 Å². The van der Waals surface area contributed by atoms with Crippen LogP contribution in [0.1, 0.15) is 31.2 Å². The van der Waals surface area contributed by atoms with Crippen molar-refractivity contribution in [3.05, 3.63) is 36.4 Å². The van der Waals surface area contributed by atoms with Gasteiger partial charge in [0, 0.05) is 18.4 Å². The maximum Gasteiger partial charge on any atom is 0.231 e. The van der Waals surface area contributed by atoms with E-state index in [4.69, 9.17) is 14.2 Å². The largest absolute Gasteiger partial charge is 0.454 e. The summed E-state index contributed by atoms with van der Waals surface area (Å²) in [5, 5.41) is 22.0. The number of allylic oxidation sites excluding steroid dienone is 1. The van der Waals surface area contributed by atoms with Gasteiger partial charge in [-0.25, -0.2) is 0 Å². The fraction of sp³-hybridized carbons (Fsp3) is 0.600. The van der Waals surface area contributed by atoms with E-state index in [1.54, 1.807) is 7.11 Å². The number of rotatable bonds is 4. The van der Waals surface area contributed by atoms with Crippen molar-refractivity contribution in [3.63, 3.8) is 0 Å². The van der Waals surface area contributed by atoms with Gasteiger partial charge in [0.15, 0.2) is 11.5 Å². The molecule has 3 aliphatic rings. The van der Waals surface area contributed by atoms with Crippen molar-refractivity contribution in [1.82, 2.24) is 0 Å². The molecule has 0 aromatic heterocycles. The zero-order chi connectivity index (χ0) is 17.8. The molecule has 25 heavy (non-hydrogen) atoms. The van der Waals surface area contributed by atoms with Crippen LogP contribution in [-0.4, -0.2) is 42.4 Å². The van der Waals surface area contributed by atoms with Crippen LogP contribution in [0.15, 0.2) is 30.9 Å². The molecule has 5 nitrogen and oxygen atoms in total. The molecule has 1 aromatic rings. The van der Waals surface area contributed by atoms with E-state index in [9.17, 15) is 10.2 Å². The normalized spacial score (nSPS) is 41.8. The molecule has 1 aliphatic heterocycles. The van der Waals surface area contributed by atoms with Crippen molar-refractivity contribution in [2.24, 2.45) is 17.3 Å². The van der Waals surface area contributed by atoms with Crippen LogP contribution in [0.2, 0.25) is 0 Å². The lowest BCUT2D eigenvalue weighted by atomic mass is 9.66. The second kappa shape index (κ2) is 6.01. The summed E-state index contributed by atoms with van der Waals surface area (Å²) in [4.78, 5) is 0. The van der Waals surface area contributed by atoms with E-state index in [0.717, 1.165) is 17.1 Å². The van der Waals surface area contributed by atoms with Gasteiger partial charge in [-0.2, -0.15) is 0 Å². The number of benzene rings is 1. The van der Waals surface area contributed by atoms with Gasteiger partial charge < -0.3 is 24.4 Å². The van der Waals surface area contributed by atoms with E-state index in [1.807, 2.05) is 24.3 Å². The molecule has 0 amide bonds. The Balaban J connectivity index is 1.79. The van der Waals surface area contributed by atoms with Gasteiger partial charge in [0.05, 0.1) is 18.3 Å². The maximum absolute atomic E-state index is 11.2. The first-order chi connectivity index (χ1) is 12.0. The van der Waals surface area contributed by atoms with Crippen LogP contribution in [0.3, 0.4) is 0 Å². The Morgan fingerprint density at radius 2 is 2.08 bits per heavy atom. The molecular weight excluding hydrogens is 320 g/mol. The van der Waals surface area contributed by atoms with E-state index in [0.29, 0.717) is 12.8 Å². The van der Waals surface area contributed by atoms with Crippen molar-refractivity contribution < 1.29 is 24.4 Å². The summed E-state index contributed by atoms with van der Waals surface area (Å²) in [5.74, 6) is 1.42. The summed E-state index contributed by atoms with van der Waals surface area (Å²) in [5.41, 5.74) is 0.746. The van der Waals surface area contributed by atoms with Gasteiger partial charge in [-0.05, 0) is 42.4 Å². The van der Waals surface area contributed by atoms with E-state index < -0.39 is 12.2 Å². The van der Waals surface area contributed by atoms with Gasteiger partial charge in [0.25, 0.3) is 0 Å². The summed E-state index contributed by atoms with van der Waals surface area (Å²) >= 11 is 0. The van der Waals surface area contributed by atoms with Gasteiger partial charge in [-0.15, -0.1) is 6.58 Å². The van der Waals surface area contributed by atoms with Gasteiger partial charge >= 0.3 is 0 Å². The van der Waals surface area contributed by atoms with Crippen LogP contribution in [0.4, 0.5) is 0 Å². The predicted octanol–water partition coefficient (Wildman–Crippen LogP) is 2.47. The molecular formula is C20H26O5. The van der Waals surface area contributed by atoms with E-state index in [2.05, 4.69) is 13.5 Å². The Labute approximate surface area is 148 Å². The third kappa shape index (κ3) is 2.26. The number of hydrogen-bond acceptors (Lipinski definition) is 5. The topological polar surface area (TPSA) is 68.2 Å². The fourth-order valence-corrected chi connectivity index (χ4v) is 5.50. The minimum Gasteiger partial charge on any atom is -0.454 e. The third-order valence-corrected chi connectivity index (χ3v) is 6.78. The van der Waals surface area contributed by atoms with Gasteiger partial charge in [-0.3, -0.25) is 0 Å². The Morgan fingerprint density at radius 3 is 2.80 bits per heavy atom. The van der Waals surface area contributed by atoms with Crippen molar-refractivity contribution in [3.8, 4) is 11.5 Å². The Morgan fingerprint density at radius 1 is 1.32 bits per heavy atom. The number of ether oxygens (including phenoxy) is 3. The van der Waals surface area contributed by atoms with Crippen molar-refractivity contribution in [2.75, 3.05) is 13.9 Å². The number of aliphatic hydroxyl groups is 2. The SMILES string of the molecule is C=CCC12CC(OC)C(O)C(C(c3ccc4c(c3)OCO4)C1C)C2O. The molecule has 0 radical (unpaired) electrons. The minimum absolute atomic E-state index is 0.0274. The molecule has 7 atom stereocenters. The lowest BCUT2D eigenvalue weighted by Gasteiger charge is -2.45. The quantitative estimate of drug-likeness (QED) is 0.820. The van der Waals surface area contributed by atoms with Crippen LogP contribution in [0.5, 0.6) is 11.5 Å². The van der Waals surface area contributed by atoms with E-state index in [-0.39, 0.29) is 36.1 Å². The highest BCUT2D eigenvalue weighted by atomic mass is 16.7. The first-order valence-corrected chi connectivity index (χ1v) is 8.93. The standard InChI is InChI=1S/C20H26O5/c1-4-7-20-9-15(23-3)18(21)17(19(20)22)16(11(20)2)12-5-6-13-14(8-12)25-10-24-13/h4-6,8,11,15-19,21-22H,1,7,9-10H2,2-3H3.